The van der Waals surface area contributed by atoms with Crippen LogP contribution in [0.2, 0.25) is 0 Å². The molecule has 2 N–H and O–H groups in total. The summed E-state index contributed by atoms with van der Waals surface area (Å²) in [6, 6.07) is 0.746. The van der Waals surface area contributed by atoms with Crippen LogP contribution in [0, 0.1) is 0 Å². The minimum atomic E-state index is -0.0621. The van der Waals surface area contributed by atoms with E-state index in [1.54, 1.807) is 6.20 Å². The molecular weight excluding hydrogens is 192 g/mol. The van der Waals surface area contributed by atoms with Crippen LogP contribution in [0.1, 0.15) is 23.2 Å². The van der Waals surface area contributed by atoms with Gasteiger partial charge in [0.1, 0.15) is 0 Å². The van der Waals surface area contributed by atoms with E-state index in [1.165, 1.54) is 19.0 Å². The molecule has 0 aromatic carbocycles. The lowest BCUT2D eigenvalue weighted by atomic mass is 10.3. The molecule has 82 valence electrons. The van der Waals surface area contributed by atoms with Crippen LogP contribution in [0.15, 0.2) is 12.4 Å². The van der Waals surface area contributed by atoms with Gasteiger partial charge in [-0.15, -0.1) is 0 Å². The number of hydrogen-bond acceptors (Lipinski definition) is 3. The van der Waals surface area contributed by atoms with Gasteiger partial charge in [0.05, 0.1) is 11.8 Å². The monoisotopic (exact) mass is 208 g/mol. The van der Waals surface area contributed by atoms with E-state index in [1.807, 2.05) is 0 Å². The van der Waals surface area contributed by atoms with Gasteiger partial charge in [-0.25, -0.2) is 0 Å². The van der Waals surface area contributed by atoms with E-state index in [4.69, 9.17) is 0 Å². The maximum Gasteiger partial charge on any atom is 0.254 e. The molecule has 0 aliphatic heterocycles. The number of nitrogens with zero attached hydrogens (tertiary/aromatic N) is 2. The number of amides is 1. The lowest BCUT2D eigenvalue weighted by molar-refractivity contribution is 0.0949. The van der Waals surface area contributed by atoms with Crippen LogP contribution in [0.5, 0.6) is 0 Å². The molecule has 5 heteroatoms. The molecule has 1 saturated carbocycles. The van der Waals surface area contributed by atoms with E-state index < -0.39 is 0 Å². The summed E-state index contributed by atoms with van der Waals surface area (Å²) in [5.41, 5.74) is 0.587. The normalized spacial score (nSPS) is 15.6. The first-order chi connectivity index (χ1) is 7.27. The summed E-state index contributed by atoms with van der Waals surface area (Å²) in [5, 5.41) is 9.20. The SMILES string of the molecule is CN(CCNC(=O)c1cn[nH]c1)C1CC1. The molecule has 5 nitrogen and oxygen atoms in total. The molecule has 1 amide bonds. The molecule has 15 heavy (non-hydrogen) atoms. The summed E-state index contributed by atoms with van der Waals surface area (Å²) in [7, 11) is 2.10. The van der Waals surface area contributed by atoms with Crippen molar-refractivity contribution in [3.63, 3.8) is 0 Å². The van der Waals surface area contributed by atoms with Crippen LogP contribution in [-0.4, -0.2) is 47.2 Å². The second kappa shape index (κ2) is 4.44. The average Bonchev–Trinajstić information content (AvgIpc) is 2.93. The summed E-state index contributed by atoms with van der Waals surface area (Å²) in [5.74, 6) is -0.0621. The van der Waals surface area contributed by atoms with Crippen LogP contribution in [0.3, 0.4) is 0 Å². The van der Waals surface area contributed by atoms with Crippen molar-refractivity contribution in [3.05, 3.63) is 18.0 Å². The standard InChI is InChI=1S/C10H16N4O/c1-14(9-2-3-9)5-4-11-10(15)8-6-12-13-7-8/h6-7,9H,2-5H2,1H3,(H,11,15)(H,12,13). The molecule has 1 fully saturated rings. The van der Waals surface area contributed by atoms with Gasteiger partial charge in [0, 0.05) is 25.3 Å². The van der Waals surface area contributed by atoms with Gasteiger partial charge < -0.3 is 10.2 Å². The topological polar surface area (TPSA) is 61.0 Å². The summed E-state index contributed by atoms with van der Waals surface area (Å²) in [4.78, 5) is 13.8. The van der Waals surface area contributed by atoms with Crippen molar-refractivity contribution in [2.45, 2.75) is 18.9 Å². The van der Waals surface area contributed by atoms with Crippen molar-refractivity contribution >= 4 is 5.91 Å². The molecule has 2 rings (SSSR count). The molecule has 1 heterocycles. The lowest BCUT2D eigenvalue weighted by Crippen LogP contribution is -2.33. The number of likely N-dealkylation sites (N-methyl/N-ethyl adjacent to an activating group) is 1. The highest BCUT2D eigenvalue weighted by molar-refractivity contribution is 5.93. The number of nitrogens with one attached hydrogen (secondary N) is 2. The Morgan fingerprint density at radius 1 is 1.73 bits per heavy atom. The Labute approximate surface area is 88.8 Å². The minimum Gasteiger partial charge on any atom is -0.351 e. The molecule has 0 bridgehead atoms. The van der Waals surface area contributed by atoms with E-state index >= 15 is 0 Å². The zero-order valence-corrected chi connectivity index (χ0v) is 8.86. The molecule has 0 saturated heterocycles. The second-order valence-corrected chi connectivity index (χ2v) is 3.95. The second-order valence-electron chi connectivity index (χ2n) is 3.95. The van der Waals surface area contributed by atoms with Crippen molar-refractivity contribution in [1.82, 2.24) is 20.4 Å². The molecule has 1 aliphatic rings. The highest BCUT2D eigenvalue weighted by Crippen LogP contribution is 2.24. The van der Waals surface area contributed by atoms with E-state index in [0.29, 0.717) is 12.1 Å². The zero-order chi connectivity index (χ0) is 10.7. The zero-order valence-electron chi connectivity index (χ0n) is 8.86. The smallest absolute Gasteiger partial charge is 0.254 e. The van der Waals surface area contributed by atoms with Crippen LogP contribution in [0.25, 0.3) is 0 Å². The molecule has 0 spiro atoms. The quantitative estimate of drug-likeness (QED) is 0.728. The fraction of sp³-hybridized carbons (Fsp3) is 0.600. The Bertz CT molecular complexity index is 318. The van der Waals surface area contributed by atoms with Gasteiger partial charge in [0.2, 0.25) is 0 Å². The fourth-order valence-electron chi connectivity index (χ4n) is 1.52. The molecule has 0 radical (unpaired) electrons. The van der Waals surface area contributed by atoms with E-state index in [9.17, 15) is 4.79 Å². The first-order valence-electron chi connectivity index (χ1n) is 5.24. The summed E-state index contributed by atoms with van der Waals surface area (Å²) in [6.07, 6.45) is 5.72. The van der Waals surface area contributed by atoms with Gasteiger partial charge in [0.15, 0.2) is 0 Å². The first-order valence-corrected chi connectivity index (χ1v) is 5.24. The Kier molecular flexibility index (Phi) is 3.01. The Morgan fingerprint density at radius 2 is 2.53 bits per heavy atom. The van der Waals surface area contributed by atoms with Crippen molar-refractivity contribution in [3.8, 4) is 0 Å². The number of carbonyl (C=O) groups excluding carboxylic acids is 1. The number of rotatable bonds is 5. The van der Waals surface area contributed by atoms with Crippen LogP contribution in [0.4, 0.5) is 0 Å². The number of hydrogen-bond donors (Lipinski definition) is 2. The molecule has 1 aliphatic carbocycles. The Balaban J connectivity index is 1.67. The third-order valence-electron chi connectivity index (χ3n) is 2.68. The Hall–Kier alpha value is -1.36. The third-order valence-corrected chi connectivity index (χ3v) is 2.68. The number of H-pyrrole nitrogens is 1. The van der Waals surface area contributed by atoms with Crippen molar-refractivity contribution in [2.24, 2.45) is 0 Å². The molecule has 1 aromatic rings. The molecular formula is C10H16N4O. The molecule has 1 aromatic heterocycles. The van der Waals surface area contributed by atoms with Crippen LogP contribution in [-0.2, 0) is 0 Å². The highest BCUT2D eigenvalue weighted by atomic mass is 16.1. The summed E-state index contributed by atoms with van der Waals surface area (Å²) < 4.78 is 0. The van der Waals surface area contributed by atoms with Gasteiger partial charge in [-0.05, 0) is 19.9 Å². The van der Waals surface area contributed by atoms with E-state index in [-0.39, 0.29) is 5.91 Å². The average molecular weight is 208 g/mol. The van der Waals surface area contributed by atoms with E-state index in [0.717, 1.165) is 12.6 Å². The molecule has 0 atom stereocenters. The minimum absolute atomic E-state index is 0.0621. The third kappa shape index (κ3) is 2.79. The fourth-order valence-corrected chi connectivity index (χ4v) is 1.52. The van der Waals surface area contributed by atoms with Crippen LogP contribution < -0.4 is 5.32 Å². The Morgan fingerprint density at radius 3 is 3.13 bits per heavy atom. The molecule has 0 unspecified atom stereocenters. The van der Waals surface area contributed by atoms with Gasteiger partial charge >= 0.3 is 0 Å². The predicted octanol–water partition coefficient (Wildman–Crippen LogP) is 0.234. The van der Waals surface area contributed by atoms with Gasteiger partial charge in [-0.2, -0.15) is 5.10 Å². The van der Waals surface area contributed by atoms with E-state index in [2.05, 4.69) is 27.5 Å². The van der Waals surface area contributed by atoms with Crippen LogP contribution >= 0.6 is 0 Å². The van der Waals surface area contributed by atoms with Gasteiger partial charge in [-0.3, -0.25) is 9.89 Å². The maximum atomic E-state index is 11.5. The van der Waals surface area contributed by atoms with Crippen molar-refractivity contribution in [2.75, 3.05) is 20.1 Å². The number of aromatic amines is 1. The predicted molar refractivity (Wildman–Crippen MR) is 56.6 cm³/mol. The maximum absolute atomic E-state index is 11.5. The number of carbonyl (C=O) groups is 1. The summed E-state index contributed by atoms with van der Waals surface area (Å²) >= 11 is 0. The van der Waals surface area contributed by atoms with Crippen molar-refractivity contribution in [1.29, 1.82) is 0 Å². The highest BCUT2D eigenvalue weighted by Gasteiger charge is 2.25. The number of aromatic nitrogens is 2. The van der Waals surface area contributed by atoms with Gasteiger partial charge in [-0.1, -0.05) is 0 Å². The lowest BCUT2D eigenvalue weighted by Gasteiger charge is -2.15. The largest absolute Gasteiger partial charge is 0.351 e. The van der Waals surface area contributed by atoms with Gasteiger partial charge in [0.25, 0.3) is 5.91 Å². The first kappa shape index (κ1) is 10.2. The summed E-state index contributed by atoms with van der Waals surface area (Å²) in [6.45, 7) is 1.60. The van der Waals surface area contributed by atoms with Crippen molar-refractivity contribution < 1.29 is 4.79 Å².